The van der Waals surface area contributed by atoms with Crippen molar-refractivity contribution in [2.45, 2.75) is 56.8 Å². The molecule has 1 aliphatic rings. The highest BCUT2D eigenvalue weighted by Gasteiger charge is 2.32. The Hall–Kier alpha value is -0.180. The number of hydrogen-bond acceptors (Lipinski definition) is 2. The summed E-state index contributed by atoms with van der Waals surface area (Å²) < 4.78 is 5.30. The van der Waals surface area contributed by atoms with Crippen LogP contribution in [0.1, 0.15) is 51.9 Å². The fourth-order valence-electron chi connectivity index (χ4n) is 1.66. The smallest absolute Gasteiger partial charge is 0.307 e. The number of ether oxygens (including phenoxy) is 1. The summed E-state index contributed by atoms with van der Waals surface area (Å²) in [6.07, 6.45) is 6.48. The van der Waals surface area contributed by atoms with Crippen molar-refractivity contribution in [1.82, 2.24) is 0 Å². The van der Waals surface area contributed by atoms with Gasteiger partial charge in [-0.05, 0) is 44.7 Å². The Kier molecular flexibility index (Phi) is 4.10. The fraction of sp³-hybridized carbons (Fsp3) is 0.900. The standard InChI is InChI=1S/C10H17O2S/c1-2-6-9(11)12-10(13)7-4-3-5-8-10/h2-8H2,1H3. The third kappa shape index (κ3) is 3.59. The van der Waals surface area contributed by atoms with Crippen molar-refractivity contribution in [3.05, 3.63) is 0 Å². The first-order chi connectivity index (χ1) is 6.16. The van der Waals surface area contributed by atoms with E-state index in [2.05, 4.69) is 0 Å². The minimum Gasteiger partial charge on any atom is -0.447 e. The molecule has 1 rings (SSSR count). The summed E-state index contributed by atoms with van der Waals surface area (Å²) in [6.45, 7) is 1.97. The Morgan fingerprint density at radius 1 is 1.38 bits per heavy atom. The van der Waals surface area contributed by atoms with Gasteiger partial charge in [-0.1, -0.05) is 13.3 Å². The molecule has 2 nitrogen and oxygen atoms in total. The molecule has 75 valence electrons. The highest BCUT2D eigenvalue weighted by molar-refractivity contribution is 7.81. The molecule has 0 heterocycles. The van der Waals surface area contributed by atoms with Crippen LogP contribution in [0.3, 0.4) is 0 Å². The van der Waals surface area contributed by atoms with Crippen LogP contribution >= 0.6 is 12.6 Å². The Morgan fingerprint density at radius 3 is 2.54 bits per heavy atom. The molecule has 0 aromatic carbocycles. The largest absolute Gasteiger partial charge is 0.447 e. The van der Waals surface area contributed by atoms with Gasteiger partial charge in [0, 0.05) is 6.42 Å². The molecule has 0 N–H and O–H groups in total. The molecule has 3 heteroatoms. The summed E-state index contributed by atoms with van der Waals surface area (Å²) in [5.74, 6) is -0.126. The number of carbonyl (C=O) groups excluding carboxylic acids is 1. The first-order valence-electron chi connectivity index (χ1n) is 5.08. The highest BCUT2D eigenvalue weighted by atomic mass is 32.1. The van der Waals surface area contributed by atoms with Gasteiger partial charge in [0.25, 0.3) is 0 Å². The zero-order chi connectivity index (χ0) is 9.73. The van der Waals surface area contributed by atoms with E-state index >= 15 is 0 Å². The molecule has 0 unspecified atom stereocenters. The van der Waals surface area contributed by atoms with E-state index in [-0.39, 0.29) is 5.97 Å². The van der Waals surface area contributed by atoms with Crippen molar-refractivity contribution in [2.75, 3.05) is 0 Å². The summed E-state index contributed by atoms with van der Waals surface area (Å²) in [6, 6.07) is 0. The van der Waals surface area contributed by atoms with Gasteiger partial charge in [-0.3, -0.25) is 4.79 Å². The molecule has 0 atom stereocenters. The molecule has 1 aliphatic carbocycles. The third-order valence-electron chi connectivity index (χ3n) is 2.37. The van der Waals surface area contributed by atoms with Gasteiger partial charge >= 0.3 is 5.97 Å². The summed E-state index contributed by atoms with van der Waals surface area (Å²) in [5.41, 5.74) is 0. The van der Waals surface area contributed by atoms with Crippen LogP contribution in [0.15, 0.2) is 0 Å². The quantitative estimate of drug-likeness (QED) is 0.655. The van der Waals surface area contributed by atoms with E-state index in [1.54, 1.807) is 0 Å². The van der Waals surface area contributed by atoms with Crippen molar-refractivity contribution >= 4 is 18.6 Å². The predicted octanol–water partition coefficient (Wildman–Crippen LogP) is 3.19. The van der Waals surface area contributed by atoms with E-state index in [0.29, 0.717) is 6.42 Å². The number of esters is 1. The topological polar surface area (TPSA) is 26.3 Å². The molecule has 0 amide bonds. The summed E-state index contributed by atoms with van der Waals surface area (Å²) in [5, 5.41) is 0. The Bertz CT molecular complexity index is 174. The Balaban J connectivity index is 2.36. The van der Waals surface area contributed by atoms with E-state index in [1.807, 2.05) is 6.92 Å². The van der Waals surface area contributed by atoms with E-state index in [9.17, 15) is 4.79 Å². The summed E-state index contributed by atoms with van der Waals surface area (Å²) in [7, 11) is 0. The average molecular weight is 201 g/mol. The van der Waals surface area contributed by atoms with Gasteiger partial charge in [0.05, 0.1) is 0 Å². The zero-order valence-electron chi connectivity index (χ0n) is 8.17. The minimum atomic E-state index is -0.565. The fourth-order valence-corrected chi connectivity index (χ4v) is 2.04. The second kappa shape index (κ2) is 4.89. The van der Waals surface area contributed by atoms with Crippen LogP contribution in [-0.4, -0.2) is 10.9 Å². The first kappa shape index (κ1) is 10.9. The van der Waals surface area contributed by atoms with Crippen LogP contribution in [0.5, 0.6) is 0 Å². The van der Waals surface area contributed by atoms with E-state index in [4.69, 9.17) is 17.4 Å². The lowest BCUT2D eigenvalue weighted by molar-refractivity contribution is -0.153. The van der Waals surface area contributed by atoms with Gasteiger partial charge in [0.1, 0.15) is 0 Å². The van der Waals surface area contributed by atoms with Gasteiger partial charge in [0.15, 0.2) is 4.93 Å². The summed E-state index contributed by atoms with van der Waals surface area (Å²) in [4.78, 5) is 10.7. The molecular formula is C10H17O2S. The van der Waals surface area contributed by atoms with Crippen LogP contribution in [0.25, 0.3) is 0 Å². The van der Waals surface area contributed by atoms with Crippen molar-refractivity contribution < 1.29 is 9.53 Å². The van der Waals surface area contributed by atoms with Crippen LogP contribution in [-0.2, 0) is 9.53 Å². The lowest BCUT2D eigenvalue weighted by atomic mass is 9.97. The molecule has 0 bridgehead atoms. The lowest BCUT2D eigenvalue weighted by Gasteiger charge is -2.31. The van der Waals surface area contributed by atoms with Crippen molar-refractivity contribution in [2.24, 2.45) is 0 Å². The molecule has 1 saturated carbocycles. The molecule has 0 aliphatic heterocycles. The molecule has 13 heavy (non-hydrogen) atoms. The highest BCUT2D eigenvalue weighted by Crippen LogP contribution is 2.35. The van der Waals surface area contributed by atoms with Crippen molar-refractivity contribution in [1.29, 1.82) is 0 Å². The van der Waals surface area contributed by atoms with Crippen molar-refractivity contribution in [3.63, 3.8) is 0 Å². The Morgan fingerprint density at radius 2 is 2.00 bits per heavy atom. The average Bonchev–Trinajstić information content (AvgIpc) is 2.04. The lowest BCUT2D eigenvalue weighted by Crippen LogP contribution is -2.31. The number of carbonyl (C=O) groups is 1. The van der Waals surface area contributed by atoms with Crippen LogP contribution in [0, 0.1) is 0 Å². The second-order valence-corrected chi connectivity index (χ2v) is 4.44. The number of rotatable bonds is 3. The van der Waals surface area contributed by atoms with Crippen molar-refractivity contribution in [3.8, 4) is 0 Å². The second-order valence-electron chi connectivity index (χ2n) is 3.70. The van der Waals surface area contributed by atoms with Crippen LogP contribution in [0.4, 0.5) is 0 Å². The van der Waals surface area contributed by atoms with Gasteiger partial charge < -0.3 is 4.74 Å². The SMILES string of the molecule is CCCC(=O)OC1([S])CCCCC1. The molecule has 1 fully saturated rings. The first-order valence-corrected chi connectivity index (χ1v) is 5.49. The maximum Gasteiger partial charge on any atom is 0.307 e. The van der Waals surface area contributed by atoms with E-state index in [0.717, 1.165) is 32.1 Å². The van der Waals surface area contributed by atoms with Gasteiger partial charge in [0.2, 0.25) is 0 Å². The molecule has 0 spiro atoms. The monoisotopic (exact) mass is 201 g/mol. The third-order valence-corrected chi connectivity index (χ3v) is 2.86. The number of hydrogen-bond donors (Lipinski definition) is 0. The zero-order valence-corrected chi connectivity index (χ0v) is 8.99. The summed E-state index contributed by atoms with van der Waals surface area (Å²) >= 11 is 5.30. The van der Waals surface area contributed by atoms with Crippen LogP contribution < -0.4 is 0 Å². The maximum atomic E-state index is 11.2. The van der Waals surface area contributed by atoms with Crippen LogP contribution in [0.2, 0.25) is 0 Å². The van der Waals surface area contributed by atoms with E-state index in [1.165, 1.54) is 6.42 Å². The van der Waals surface area contributed by atoms with Gasteiger partial charge in [-0.2, -0.15) is 0 Å². The van der Waals surface area contributed by atoms with Gasteiger partial charge in [-0.15, -0.1) is 0 Å². The molecule has 0 aromatic heterocycles. The Labute approximate surface area is 85.4 Å². The van der Waals surface area contributed by atoms with E-state index < -0.39 is 4.93 Å². The molecule has 0 saturated heterocycles. The molecule has 0 aromatic rings. The molecule has 1 radical (unpaired) electrons. The molecular weight excluding hydrogens is 184 g/mol. The van der Waals surface area contributed by atoms with Gasteiger partial charge in [-0.25, -0.2) is 0 Å². The maximum absolute atomic E-state index is 11.2. The predicted molar refractivity (Wildman–Crippen MR) is 54.4 cm³/mol. The minimum absolute atomic E-state index is 0.126. The normalized spacial score (nSPS) is 21.1.